The van der Waals surface area contributed by atoms with Gasteiger partial charge in [-0.1, -0.05) is 18.2 Å². The third-order valence-corrected chi connectivity index (χ3v) is 8.60. The summed E-state index contributed by atoms with van der Waals surface area (Å²) in [5, 5.41) is 32.5. The molecule has 4 rings (SSSR count). The number of carbonyl (C=O) groups excluding carboxylic acids is 2. The normalized spacial score (nSPS) is 48.3. The van der Waals surface area contributed by atoms with Crippen molar-refractivity contribution < 1.29 is 34.0 Å². The van der Waals surface area contributed by atoms with Gasteiger partial charge in [0.25, 0.3) is 0 Å². The average Bonchev–Trinajstić information content (AvgIpc) is 3.02. The van der Waals surface area contributed by atoms with Crippen molar-refractivity contribution in [1.29, 1.82) is 0 Å². The van der Waals surface area contributed by atoms with Crippen molar-refractivity contribution in [2.45, 2.75) is 49.2 Å². The predicted molar refractivity (Wildman–Crippen MR) is 111 cm³/mol. The zero-order valence-electron chi connectivity index (χ0n) is 17.6. The lowest BCUT2D eigenvalue weighted by Gasteiger charge is -2.62. The molecule has 8 unspecified atom stereocenters. The van der Waals surface area contributed by atoms with Crippen LogP contribution in [-0.4, -0.2) is 64.1 Å². The Balaban J connectivity index is 1.91. The molecule has 8 atom stereocenters. The first-order valence-corrected chi connectivity index (χ1v) is 10.6. The Morgan fingerprint density at radius 3 is 2.65 bits per heavy atom. The largest absolute Gasteiger partial charge is 0.390 e. The highest BCUT2D eigenvalue weighted by Gasteiger charge is 2.77. The predicted octanol–water partition coefficient (Wildman–Crippen LogP) is 1.61. The van der Waals surface area contributed by atoms with E-state index in [2.05, 4.69) is 13.2 Å². The minimum atomic E-state index is -2.20. The molecule has 4 aliphatic rings. The summed E-state index contributed by atoms with van der Waals surface area (Å²) in [6.45, 7) is 6.78. The summed E-state index contributed by atoms with van der Waals surface area (Å²) in [6, 6.07) is 0. The highest BCUT2D eigenvalue weighted by atomic mass is 19.1. The highest BCUT2D eigenvalue weighted by molar-refractivity contribution is 6.01. The van der Waals surface area contributed by atoms with E-state index >= 15 is 4.39 Å². The SMILES string of the molecule is C=CC12C=CC(=O)C=C1CCC1C3CC(OC)C(O)(C(=O)CO)C3(C=C)CC(O)C12F. The first-order valence-electron chi connectivity index (χ1n) is 10.6. The van der Waals surface area contributed by atoms with Crippen LogP contribution in [0, 0.1) is 22.7 Å². The Morgan fingerprint density at radius 2 is 2.06 bits per heavy atom. The number of ether oxygens (including phenoxy) is 1. The molecule has 0 bridgehead atoms. The fraction of sp³-hybridized carbons (Fsp3) is 0.583. The third-order valence-electron chi connectivity index (χ3n) is 8.60. The van der Waals surface area contributed by atoms with Crippen LogP contribution in [-0.2, 0) is 14.3 Å². The first kappa shape index (κ1) is 22.3. The zero-order chi connectivity index (χ0) is 22.8. The van der Waals surface area contributed by atoms with Crippen molar-refractivity contribution in [1.82, 2.24) is 0 Å². The molecular formula is C24H29FO6. The lowest BCUT2D eigenvalue weighted by atomic mass is 9.44. The molecule has 31 heavy (non-hydrogen) atoms. The molecule has 0 radical (unpaired) electrons. The average molecular weight is 432 g/mol. The number of Topliss-reactive ketones (excluding diaryl/α,β-unsaturated/α-hetero) is 1. The lowest BCUT2D eigenvalue weighted by Crippen LogP contribution is -2.70. The highest BCUT2D eigenvalue weighted by Crippen LogP contribution is 2.70. The van der Waals surface area contributed by atoms with E-state index < -0.39 is 58.5 Å². The van der Waals surface area contributed by atoms with Gasteiger partial charge in [-0.15, -0.1) is 13.2 Å². The smallest absolute Gasteiger partial charge is 0.193 e. The van der Waals surface area contributed by atoms with Crippen LogP contribution in [0.15, 0.2) is 49.1 Å². The molecule has 0 aromatic heterocycles. The second kappa shape index (κ2) is 7.04. The first-order chi connectivity index (χ1) is 14.6. The summed E-state index contributed by atoms with van der Waals surface area (Å²) in [5.41, 5.74) is -6.49. The molecule has 0 spiro atoms. The molecule has 6 nitrogen and oxygen atoms in total. The number of ketones is 2. The van der Waals surface area contributed by atoms with E-state index in [-0.39, 0.29) is 18.6 Å². The number of aliphatic hydroxyl groups is 3. The summed E-state index contributed by atoms with van der Waals surface area (Å²) in [4.78, 5) is 24.7. The van der Waals surface area contributed by atoms with Crippen LogP contribution >= 0.6 is 0 Å². The van der Waals surface area contributed by atoms with Crippen molar-refractivity contribution in [3.63, 3.8) is 0 Å². The number of carbonyl (C=O) groups is 2. The number of alkyl halides is 1. The van der Waals surface area contributed by atoms with Gasteiger partial charge in [-0.25, -0.2) is 4.39 Å². The van der Waals surface area contributed by atoms with Gasteiger partial charge in [0.05, 0.1) is 17.6 Å². The third kappa shape index (κ3) is 2.35. The molecule has 0 aromatic rings. The maximum Gasteiger partial charge on any atom is 0.193 e. The van der Waals surface area contributed by atoms with Crippen molar-refractivity contribution in [3.8, 4) is 0 Å². The molecular weight excluding hydrogens is 403 g/mol. The van der Waals surface area contributed by atoms with E-state index in [0.717, 1.165) is 0 Å². The van der Waals surface area contributed by atoms with Gasteiger partial charge in [0.15, 0.2) is 22.8 Å². The van der Waals surface area contributed by atoms with Crippen LogP contribution in [0.3, 0.4) is 0 Å². The number of hydrogen-bond acceptors (Lipinski definition) is 6. The molecule has 3 N–H and O–H groups in total. The van der Waals surface area contributed by atoms with Gasteiger partial charge in [-0.05, 0) is 49.3 Å². The number of aliphatic hydroxyl groups excluding tert-OH is 2. The topological polar surface area (TPSA) is 104 Å². The van der Waals surface area contributed by atoms with Gasteiger partial charge in [0.2, 0.25) is 0 Å². The van der Waals surface area contributed by atoms with Crippen molar-refractivity contribution in [2.75, 3.05) is 13.7 Å². The number of allylic oxidation sites excluding steroid dienone is 5. The number of methoxy groups -OCH3 is 1. The molecule has 0 aliphatic heterocycles. The van der Waals surface area contributed by atoms with Crippen molar-refractivity contribution >= 4 is 11.6 Å². The molecule has 7 heteroatoms. The van der Waals surface area contributed by atoms with E-state index in [1.807, 2.05) is 0 Å². The van der Waals surface area contributed by atoms with Gasteiger partial charge in [-0.3, -0.25) is 9.59 Å². The van der Waals surface area contributed by atoms with E-state index in [9.17, 15) is 24.9 Å². The van der Waals surface area contributed by atoms with Gasteiger partial charge in [0.1, 0.15) is 6.61 Å². The van der Waals surface area contributed by atoms with E-state index in [1.165, 1.54) is 37.5 Å². The van der Waals surface area contributed by atoms with Gasteiger partial charge < -0.3 is 20.1 Å². The fourth-order valence-corrected chi connectivity index (χ4v) is 7.22. The van der Waals surface area contributed by atoms with Crippen LogP contribution in [0.5, 0.6) is 0 Å². The van der Waals surface area contributed by atoms with Gasteiger partial charge >= 0.3 is 0 Å². The Bertz CT molecular complexity index is 910. The quantitative estimate of drug-likeness (QED) is 0.571. The second-order valence-corrected chi connectivity index (χ2v) is 9.27. The molecule has 0 heterocycles. The van der Waals surface area contributed by atoms with Crippen LogP contribution in [0.1, 0.15) is 25.7 Å². The molecule has 3 saturated carbocycles. The monoisotopic (exact) mass is 432 g/mol. The minimum absolute atomic E-state index is 0.169. The van der Waals surface area contributed by atoms with Crippen LogP contribution < -0.4 is 0 Å². The molecule has 0 aromatic carbocycles. The summed E-state index contributed by atoms with van der Waals surface area (Å²) < 4.78 is 22.7. The number of rotatable bonds is 5. The molecule has 4 aliphatic carbocycles. The van der Waals surface area contributed by atoms with Gasteiger partial charge in [-0.2, -0.15) is 0 Å². The summed E-state index contributed by atoms with van der Waals surface area (Å²) in [5.74, 6) is -2.41. The summed E-state index contributed by atoms with van der Waals surface area (Å²) in [7, 11) is 1.36. The van der Waals surface area contributed by atoms with E-state index in [4.69, 9.17) is 4.74 Å². The minimum Gasteiger partial charge on any atom is -0.390 e. The zero-order valence-corrected chi connectivity index (χ0v) is 17.6. The molecule has 168 valence electrons. The maximum absolute atomic E-state index is 17.2. The summed E-state index contributed by atoms with van der Waals surface area (Å²) >= 11 is 0. The van der Waals surface area contributed by atoms with E-state index in [0.29, 0.717) is 18.4 Å². The molecule has 0 saturated heterocycles. The van der Waals surface area contributed by atoms with Crippen LogP contribution in [0.25, 0.3) is 0 Å². The Morgan fingerprint density at radius 1 is 1.35 bits per heavy atom. The number of hydrogen-bond donors (Lipinski definition) is 3. The Hall–Kier alpha value is -1.93. The van der Waals surface area contributed by atoms with Crippen molar-refractivity contribution in [2.24, 2.45) is 22.7 Å². The second-order valence-electron chi connectivity index (χ2n) is 9.27. The Labute approximate surface area is 180 Å². The van der Waals surface area contributed by atoms with Crippen LogP contribution in [0.2, 0.25) is 0 Å². The number of fused-ring (bicyclic) bond motifs is 5. The summed E-state index contributed by atoms with van der Waals surface area (Å²) in [6.07, 6.45) is 5.14. The van der Waals surface area contributed by atoms with Crippen LogP contribution in [0.4, 0.5) is 4.39 Å². The van der Waals surface area contributed by atoms with E-state index in [1.54, 1.807) is 0 Å². The van der Waals surface area contributed by atoms with Gasteiger partial charge in [0, 0.05) is 18.4 Å². The standard InChI is InChI=1S/C24H29FO6/c1-4-21-9-8-15(27)10-14(21)6-7-16-17-11-20(31-3)24(30,19(29)13-26)22(17,5-2)12-18(28)23(16,21)25/h4-5,8-10,16-18,20,26,28,30H,1-2,6-7,11-13H2,3H3. The van der Waals surface area contributed by atoms with Crippen molar-refractivity contribution in [3.05, 3.63) is 49.1 Å². The molecule has 0 amide bonds. The molecule has 3 fully saturated rings. The maximum atomic E-state index is 17.2. The number of halogens is 1. The lowest BCUT2D eigenvalue weighted by molar-refractivity contribution is -0.211. The Kier molecular flexibility index (Phi) is 5.05. The fourth-order valence-electron chi connectivity index (χ4n) is 7.22.